The summed E-state index contributed by atoms with van der Waals surface area (Å²) in [6.45, 7) is 40.2. The Morgan fingerprint density at radius 2 is 0.974 bits per heavy atom. The molecule has 2 aliphatic heterocycles. The van der Waals surface area contributed by atoms with Crippen molar-refractivity contribution in [1.29, 1.82) is 0 Å². The summed E-state index contributed by atoms with van der Waals surface area (Å²) in [5.41, 5.74) is 27.2. The molecule has 12 rings (SSSR count). The van der Waals surface area contributed by atoms with Crippen molar-refractivity contribution in [2.24, 2.45) is 0 Å². The molecule has 0 atom stereocenters. The van der Waals surface area contributed by atoms with Gasteiger partial charge in [0.1, 0.15) is 0 Å². The van der Waals surface area contributed by atoms with Gasteiger partial charge in [0, 0.05) is 50.5 Å². The summed E-state index contributed by atoms with van der Waals surface area (Å²) >= 11 is 0. The molecule has 77 heavy (non-hydrogen) atoms. The minimum Gasteiger partial charge on any atom is -0.376 e. The highest BCUT2D eigenvalue weighted by atomic mass is 15.2. The van der Waals surface area contributed by atoms with Crippen LogP contribution >= 0.6 is 0 Å². The normalized spacial score (nSPS) is 15.6. The second kappa shape index (κ2) is 17.1. The van der Waals surface area contributed by atoms with Crippen molar-refractivity contribution in [2.75, 3.05) is 9.71 Å². The molecule has 0 unspecified atom stereocenters. The number of fused-ring (bicyclic) bond motifs is 8. The Labute approximate surface area is 461 Å². The number of rotatable bonds is 5. The van der Waals surface area contributed by atoms with E-state index in [4.69, 9.17) is 0 Å². The average Bonchev–Trinajstić information content (AvgIpc) is 3.90. The molecule has 0 N–H and O–H groups in total. The summed E-state index contributed by atoms with van der Waals surface area (Å²) in [5.74, 6) is 0. The Morgan fingerprint density at radius 1 is 0.442 bits per heavy atom. The van der Waals surface area contributed by atoms with Crippen LogP contribution in [0.3, 0.4) is 0 Å². The average molecular weight is 1010 g/mol. The zero-order chi connectivity index (χ0) is 54.7. The molecule has 1 aliphatic carbocycles. The molecule has 0 fully saturated rings. The van der Waals surface area contributed by atoms with Crippen molar-refractivity contribution in [2.45, 2.75) is 163 Å². The number of aryl methyl sites for hydroxylation is 1. The minimum absolute atomic E-state index is 0.0100. The van der Waals surface area contributed by atoms with Crippen LogP contribution in [-0.2, 0) is 32.5 Å². The number of hydrogen-bond donors (Lipinski definition) is 0. The first-order chi connectivity index (χ1) is 36.1. The van der Waals surface area contributed by atoms with Crippen molar-refractivity contribution < 1.29 is 0 Å². The third-order valence-corrected chi connectivity index (χ3v) is 18.2. The van der Waals surface area contributed by atoms with Crippen LogP contribution in [-0.4, -0.2) is 11.4 Å². The molecule has 3 heterocycles. The van der Waals surface area contributed by atoms with E-state index in [9.17, 15) is 0 Å². The van der Waals surface area contributed by atoms with Gasteiger partial charge in [-0.1, -0.05) is 190 Å². The summed E-state index contributed by atoms with van der Waals surface area (Å²) in [6, 6.07) is 59.9. The van der Waals surface area contributed by atoms with Gasteiger partial charge in [-0.2, -0.15) is 0 Å². The highest BCUT2D eigenvalue weighted by Crippen LogP contribution is 2.53. The van der Waals surface area contributed by atoms with Gasteiger partial charge in [0.15, 0.2) is 0 Å². The molecule has 8 aromatic carbocycles. The number of anilines is 5. The largest absolute Gasteiger partial charge is 0.376 e. The molecule has 0 amide bonds. The van der Waals surface area contributed by atoms with Crippen molar-refractivity contribution in [1.82, 2.24) is 4.57 Å². The van der Waals surface area contributed by atoms with E-state index in [1.807, 2.05) is 0 Å². The van der Waals surface area contributed by atoms with Crippen molar-refractivity contribution >= 4 is 68.0 Å². The molecule has 0 saturated carbocycles. The van der Waals surface area contributed by atoms with Crippen LogP contribution in [0.5, 0.6) is 0 Å². The molecule has 1 aromatic heterocycles. The second-order valence-corrected chi connectivity index (χ2v) is 28.7. The lowest BCUT2D eigenvalue weighted by molar-refractivity contribution is 0.332. The van der Waals surface area contributed by atoms with Crippen LogP contribution in [0.1, 0.15) is 163 Å². The van der Waals surface area contributed by atoms with Crippen molar-refractivity contribution in [3.05, 3.63) is 191 Å². The predicted octanol–water partition coefficient (Wildman–Crippen LogP) is 19.0. The van der Waals surface area contributed by atoms with Gasteiger partial charge in [0.05, 0.1) is 11.0 Å². The summed E-state index contributed by atoms with van der Waals surface area (Å²) in [6.07, 6.45) is 2.32. The molecule has 0 radical (unpaired) electrons. The van der Waals surface area contributed by atoms with Crippen LogP contribution in [0, 0.1) is 6.92 Å². The first-order valence-electron chi connectivity index (χ1n) is 28.6. The van der Waals surface area contributed by atoms with Crippen LogP contribution in [0.15, 0.2) is 152 Å². The van der Waals surface area contributed by atoms with Crippen LogP contribution in [0.25, 0.3) is 49.7 Å². The number of aromatic nitrogens is 1. The fourth-order valence-corrected chi connectivity index (χ4v) is 13.2. The Kier molecular flexibility index (Phi) is 11.3. The van der Waals surface area contributed by atoms with Gasteiger partial charge in [-0.3, -0.25) is 0 Å². The fourth-order valence-electron chi connectivity index (χ4n) is 13.2. The molecule has 0 spiro atoms. The summed E-state index contributed by atoms with van der Waals surface area (Å²) in [5, 5.41) is 2.65. The lowest BCUT2D eigenvalue weighted by Crippen LogP contribution is -2.61. The summed E-state index contributed by atoms with van der Waals surface area (Å²) in [4.78, 5) is 5.31. The molecule has 0 saturated heterocycles. The highest BCUT2D eigenvalue weighted by Gasteiger charge is 2.47. The Bertz CT molecular complexity index is 3780. The lowest BCUT2D eigenvalue weighted by Gasteiger charge is -2.46. The van der Waals surface area contributed by atoms with Gasteiger partial charge in [0.2, 0.25) is 0 Å². The molecule has 3 nitrogen and oxygen atoms in total. The summed E-state index contributed by atoms with van der Waals surface area (Å²) in [7, 11) is 0. The van der Waals surface area contributed by atoms with E-state index in [0.29, 0.717) is 0 Å². The van der Waals surface area contributed by atoms with E-state index in [1.54, 1.807) is 0 Å². The maximum atomic E-state index is 2.81. The minimum atomic E-state index is -0.140. The maximum absolute atomic E-state index is 2.81. The van der Waals surface area contributed by atoms with Gasteiger partial charge in [-0.25, -0.2) is 0 Å². The molecule has 390 valence electrons. The van der Waals surface area contributed by atoms with E-state index in [2.05, 4.69) is 284 Å². The molecule has 3 aliphatic rings. The molecule has 4 heteroatoms. The summed E-state index contributed by atoms with van der Waals surface area (Å²) < 4.78 is 2.66. The number of benzene rings is 8. The molecule has 9 aromatic rings. The Balaban J connectivity index is 1.23. The van der Waals surface area contributed by atoms with Crippen LogP contribution in [0.2, 0.25) is 0 Å². The van der Waals surface area contributed by atoms with Crippen LogP contribution < -0.4 is 20.6 Å². The van der Waals surface area contributed by atoms with Gasteiger partial charge >= 0.3 is 6.85 Å². The first-order valence-corrected chi connectivity index (χ1v) is 28.6. The van der Waals surface area contributed by atoms with Crippen LogP contribution in [0.4, 0.5) is 28.4 Å². The van der Waals surface area contributed by atoms with Gasteiger partial charge in [-0.05, 0) is 192 Å². The monoisotopic (exact) mass is 1010 g/mol. The van der Waals surface area contributed by atoms with E-state index in [-0.39, 0.29) is 39.3 Å². The van der Waals surface area contributed by atoms with Gasteiger partial charge < -0.3 is 14.3 Å². The third kappa shape index (κ3) is 8.29. The van der Waals surface area contributed by atoms with Gasteiger partial charge in [-0.15, -0.1) is 0 Å². The highest BCUT2D eigenvalue weighted by molar-refractivity contribution is 6.93. The van der Waals surface area contributed by atoms with E-state index in [0.717, 1.165) is 23.5 Å². The predicted molar refractivity (Wildman–Crippen MR) is 335 cm³/mol. The molecule has 0 bridgehead atoms. The standard InChI is InChI=1S/C73H80BN3/c1-45-37-59-60(73(16,17)36-35-72(59,14)15)44-63(45)77-64-43-54(75(52-28-23-48(24-29-52)68(2,3)4)53-30-25-49(26-31-53)69(5,6)7)32-33-55(64)57-38-47(46-21-19-18-20-22-46)39-65-66(57)74(77)61-42-51(71(11,12)13)41-58-56-40-50(70(8,9)10)27-34-62(56)76(65)67(58)61/h18-34,37-44H,35-36H2,1-17H3. The third-order valence-electron chi connectivity index (χ3n) is 18.2. The Morgan fingerprint density at radius 3 is 1.55 bits per heavy atom. The number of nitrogens with zero attached hydrogens (tertiary/aromatic N) is 3. The quantitative estimate of drug-likeness (QED) is 0.159. The zero-order valence-corrected chi connectivity index (χ0v) is 49.3. The maximum Gasteiger partial charge on any atom is 0.333 e. The second-order valence-electron chi connectivity index (χ2n) is 28.7. The van der Waals surface area contributed by atoms with Crippen molar-refractivity contribution in [3.63, 3.8) is 0 Å². The van der Waals surface area contributed by atoms with E-state index >= 15 is 0 Å². The topological polar surface area (TPSA) is 11.4 Å². The zero-order valence-electron chi connectivity index (χ0n) is 49.3. The fraction of sp³-hybridized carbons (Fsp3) is 0.342. The van der Waals surface area contributed by atoms with Crippen molar-refractivity contribution in [3.8, 4) is 27.9 Å². The van der Waals surface area contributed by atoms with E-state index in [1.165, 1.54) is 117 Å². The molecular formula is C73H80BN3. The molecular weight excluding hydrogens is 930 g/mol. The first kappa shape index (κ1) is 51.0. The lowest BCUT2D eigenvalue weighted by atomic mass is 9.43. The smallest absolute Gasteiger partial charge is 0.333 e. The SMILES string of the molecule is Cc1cc2c(cc1N1B3c4c(cc(-c5ccccc5)cc4-n4c5ccc(C(C)(C)C)cc5c5cc(C(C)(C)C)cc3c54)-c3ccc(N(c4ccc(C(C)(C)C)cc4)c4ccc(C(C)(C)C)cc4)cc31)C(C)(C)CCC2(C)C. The Hall–Kier alpha value is -6.78. The number of hydrogen-bond acceptors (Lipinski definition) is 2. The van der Waals surface area contributed by atoms with Gasteiger partial charge in [0.25, 0.3) is 0 Å². The van der Waals surface area contributed by atoms with E-state index < -0.39 is 0 Å².